The zero-order valence-corrected chi connectivity index (χ0v) is 13.9. The third-order valence-electron chi connectivity index (χ3n) is 5.54. The van der Waals surface area contributed by atoms with E-state index in [9.17, 15) is 0 Å². The molecule has 0 saturated carbocycles. The number of rotatable bonds is 3. The molecule has 2 atom stereocenters. The Bertz CT molecular complexity index is 664. The van der Waals surface area contributed by atoms with E-state index in [4.69, 9.17) is 4.74 Å². The van der Waals surface area contributed by atoms with Gasteiger partial charge >= 0.3 is 0 Å². The fourth-order valence-corrected chi connectivity index (χ4v) is 4.26. The Labute approximate surface area is 139 Å². The van der Waals surface area contributed by atoms with Gasteiger partial charge in [0.15, 0.2) is 0 Å². The Morgan fingerprint density at radius 2 is 1.70 bits per heavy atom. The molecule has 3 aliphatic rings. The van der Waals surface area contributed by atoms with Crippen LogP contribution in [0.4, 0.5) is 0 Å². The lowest BCUT2D eigenvalue weighted by Crippen LogP contribution is -2.46. The highest BCUT2D eigenvalue weighted by Crippen LogP contribution is 2.33. The third kappa shape index (κ3) is 3.13. The Balaban J connectivity index is 1.54. The number of methoxy groups -OCH3 is 1. The van der Waals surface area contributed by atoms with Gasteiger partial charge in [0.25, 0.3) is 0 Å². The lowest BCUT2D eigenvalue weighted by atomic mass is 9.80. The molecule has 2 bridgehead atoms. The largest absolute Gasteiger partial charge is 0.497 e. The van der Waals surface area contributed by atoms with Gasteiger partial charge in [-0.1, -0.05) is 36.4 Å². The van der Waals surface area contributed by atoms with Crippen LogP contribution in [0.3, 0.4) is 0 Å². The van der Waals surface area contributed by atoms with Gasteiger partial charge in [-0.2, -0.15) is 0 Å². The first-order valence-electron chi connectivity index (χ1n) is 8.75. The van der Waals surface area contributed by atoms with E-state index in [1.807, 2.05) is 0 Å². The predicted octanol–water partition coefficient (Wildman–Crippen LogP) is 4.07. The van der Waals surface area contributed by atoms with Crippen molar-refractivity contribution < 1.29 is 4.74 Å². The molecule has 0 radical (unpaired) electrons. The van der Waals surface area contributed by atoms with Crippen molar-refractivity contribution in [2.75, 3.05) is 13.7 Å². The summed E-state index contributed by atoms with van der Waals surface area (Å²) in [6.45, 7) is 2.30. The standard InChI is InChI=1S/C21H25NO/c1-23-21-10-7-16(8-11-21)14-22-15-17-6-9-20(22)13-19-5-3-2-4-18(19)12-17/h2-5,7-8,10-11,17,20H,6,9,12-15H2,1H3/t17-,20+/m0/s1. The molecule has 0 unspecified atom stereocenters. The number of benzene rings is 2. The van der Waals surface area contributed by atoms with E-state index in [2.05, 4.69) is 53.4 Å². The topological polar surface area (TPSA) is 12.5 Å². The van der Waals surface area contributed by atoms with Crippen molar-refractivity contribution in [2.45, 2.75) is 38.3 Å². The molecule has 0 amide bonds. The molecule has 2 aromatic carbocycles. The second kappa shape index (κ2) is 6.37. The zero-order valence-electron chi connectivity index (χ0n) is 13.9. The molecule has 120 valence electrons. The molecule has 1 aliphatic carbocycles. The number of hydrogen-bond donors (Lipinski definition) is 0. The molecule has 1 fully saturated rings. The summed E-state index contributed by atoms with van der Waals surface area (Å²) in [5, 5.41) is 0. The minimum atomic E-state index is 0.690. The summed E-state index contributed by atoms with van der Waals surface area (Å²) in [7, 11) is 1.73. The first-order valence-corrected chi connectivity index (χ1v) is 8.75. The average molecular weight is 307 g/mol. The van der Waals surface area contributed by atoms with Crippen LogP contribution in [0.25, 0.3) is 0 Å². The second-order valence-corrected chi connectivity index (χ2v) is 7.05. The molecule has 0 aromatic heterocycles. The molecule has 1 saturated heterocycles. The second-order valence-electron chi connectivity index (χ2n) is 7.05. The Kier molecular flexibility index (Phi) is 4.09. The van der Waals surface area contributed by atoms with E-state index in [-0.39, 0.29) is 0 Å². The quantitative estimate of drug-likeness (QED) is 0.847. The highest BCUT2D eigenvalue weighted by Gasteiger charge is 2.31. The minimum Gasteiger partial charge on any atom is -0.497 e. The van der Waals surface area contributed by atoms with Crippen LogP contribution < -0.4 is 4.74 Å². The van der Waals surface area contributed by atoms with Crippen LogP contribution in [0.5, 0.6) is 5.75 Å². The smallest absolute Gasteiger partial charge is 0.118 e. The maximum Gasteiger partial charge on any atom is 0.118 e. The number of hydrogen-bond acceptors (Lipinski definition) is 2. The number of piperidine rings is 1. The predicted molar refractivity (Wildman–Crippen MR) is 93.8 cm³/mol. The van der Waals surface area contributed by atoms with Gasteiger partial charge in [0.05, 0.1) is 7.11 Å². The number of fused-ring (bicyclic) bond motifs is 2. The van der Waals surface area contributed by atoms with Gasteiger partial charge in [-0.05, 0) is 60.4 Å². The molecule has 5 rings (SSSR count). The van der Waals surface area contributed by atoms with Crippen LogP contribution in [-0.4, -0.2) is 24.6 Å². The molecule has 2 heterocycles. The van der Waals surface area contributed by atoms with Crippen LogP contribution in [0.2, 0.25) is 0 Å². The summed E-state index contributed by atoms with van der Waals surface area (Å²) in [5.41, 5.74) is 4.55. The molecule has 2 nitrogen and oxygen atoms in total. The van der Waals surface area contributed by atoms with Gasteiger partial charge in [0.2, 0.25) is 0 Å². The molecule has 0 N–H and O–H groups in total. The van der Waals surface area contributed by atoms with Gasteiger partial charge in [0.1, 0.15) is 5.75 Å². The Morgan fingerprint density at radius 1 is 0.957 bits per heavy atom. The van der Waals surface area contributed by atoms with Crippen LogP contribution in [0.1, 0.15) is 29.5 Å². The van der Waals surface area contributed by atoms with Gasteiger partial charge in [-0.3, -0.25) is 4.90 Å². The summed E-state index contributed by atoms with van der Waals surface area (Å²) >= 11 is 0. The highest BCUT2D eigenvalue weighted by atomic mass is 16.5. The monoisotopic (exact) mass is 307 g/mol. The summed E-state index contributed by atoms with van der Waals surface area (Å²) in [5.74, 6) is 1.75. The van der Waals surface area contributed by atoms with Crippen molar-refractivity contribution in [1.29, 1.82) is 0 Å². The summed E-state index contributed by atoms with van der Waals surface area (Å²) < 4.78 is 5.27. The van der Waals surface area contributed by atoms with Crippen molar-refractivity contribution in [3.05, 3.63) is 65.2 Å². The zero-order chi connectivity index (χ0) is 15.6. The molecular formula is C21H25NO. The van der Waals surface area contributed by atoms with Crippen molar-refractivity contribution in [3.63, 3.8) is 0 Å². The van der Waals surface area contributed by atoms with Crippen LogP contribution in [0, 0.1) is 5.92 Å². The SMILES string of the molecule is COc1ccc(CN2C[C@H]3CC[C@@H]2Cc2ccccc2C3)cc1. The van der Waals surface area contributed by atoms with E-state index < -0.39 is 0 Å². The van der Waals surface area contributed by atoms with E-state index in [1.54, 1.807) is 18.2 Å². The summed E-state index contributed by atoms with van der Waals surface area (Å²) in [6.07, 6.45) is 5.19. The van der Waals surface area contributed by atoms with Crippen molar-refractivity contribution >= 4 is 0 Å². The van der Waals surface area contributed by atoms with Crippen LogP contribution >= 0.6 is 0 Å². The molecule has 23 heavy (non-hydrogen) atoms. The molecule has 2 heteroatoms. The highest BCUT2D eigenvalue weighted by molar-refractivity contribution is 5.30. The number of nitrogens with zero attached hydrogens (tertiary/aromatic N) is 1. The lowest BCUT2D eigenvalue weighted by molar-refractivity contribution is 0.0938. The fraction of sp³-hybridized carbons (Fsp3) is 0.429. The molecule has 2 aromatic rings. The Hall–Kier alpha value is -1.80. The van der Waals surface area contributed by atoms with Crippen molar-refractivity contribution in [3.8, 4) is 5.75 Å². The first kappa shape index (κ1) is 14.8. The maximum absolute atomic E-state index is 5.27. The minimum absolute atomic E-state index is 0.690. The van der Waals surface area contributed by atoms with E-state index in [0.717, 1.165) is 18.2 Å². The first-order chi connectivity index (χ1) is 11.3. The normalized spacial score (nSPS) is 23.9. The lowest BCUT2D eigenvalue weighted by Gasteiger charge is -2.42. The third-order valence-corrected chi connectivity index (χ3v) is 5.54. The van der Waals surface area contributed by atoms with E-state index >= 15 is 0 Å². The van der Waals surface area contributed by atoms with Crippen molar-refractivity contribution in [1.82, 2.24) is 4.90 Å². The fourth-order valence-electron chi connectivity index (χ4n) is 4.26. The van der Waals surface area contributed by atoms with Crippen molar-refractivity contribution in [2.24, 2.45) is 5.92 Å². The van der Waals surface area contributed by atoms with E-state index in [0.29, 0.717) is 6.04 Å². The van der Waals surface area contributed by atoms with Gasteiger partial charge in [0, 0.05) is 19.1 Å². The molecule has 2 aliphatic heterocycles. The van der Waals surface area contributed by atoms with E-state index in [1.165, 1.54) is 37.8 Å². The van der Waals surface area contributed by atoms with Gasteiger partial charge in [-0.15, -0.1) is 0 Å². The summed E-state index contributed by atoms with van der Waals surface area (Å²) in [6, 6.07) is 18.3. The Morgan fingerprint density at radius 3 is 2.43 bits per heavy atom. The summed E-state index contributed by atoms with van der Waals surface area (Å²) in [4.78, 5) is 2.71. The molecule has 0 spiro atoms. The van der Waals surface area contributed by atoms with Gasteiger partial charge < -0.3 is 4.74 Å². The van der Waals surface area contributed by atoms with Crippen LogP contribution in [-0.2, 0) is 19.4 Å². The number of ether oxygens (including phenoxy) is 1. The van der Waals surface area contributed by atoms with Gasteiger partial charge in [-0.25, -0.2) is 0 Å². The maximum atomic E-state index is 5.27. The average Bonchev–Trinajstić information content (AvgIpc) is 2.56. The van der Waals surface area contributed by atoms with Crippen LogP contribution in [0.15, 0.2) is 48.5 Å². The molecular weight excluding hydrogens is 282 g/mol.